The number of alkyl halides is 3. The number of halogens is 3. The molecule has 61 heavy (non-hydrogen) atoms. The van der Waals surface area contributed by atoms with E-state index in [9.17, 15) is 37.1 Å². The number of nitrogens with zero attached hydrogens (tertiary/aromatic N) is 7. The van der Waals surface area contributed by atoms with Gasteiger partial charge in [0.15, 0.2) is 5.69 Å². The fourth-order valence-electron chi connectivity index (χ4n) is 8.83. The number of anilines is 4. The Hall–Kier alpha value is -6.06. The van der Waals surface area contributed by atoms with E-state index in [0.717, 1.165) is 81.0 Å². The molecule has 0 radical (unpaired) electrons. The number of piperidine rings is 3. The maximum absolute atomic E-state index is 13.5. The zero-order chi connectivity index (χ0) is 42.8. The van der Waals surface area contributed by atoms with Gasteiger partial charge in [-0.1, -0.05) is 6.07 Å². The quantitative estimate of drug-likeness (QED) is 0.216. The highest BCUT2D eigenvalue weighted by atomic mass is 19.4. The van der Waals surface area contributed by atoms with Gasteiger partial charge in [-0.15, -0.1) is 0 Å². The topological polar surface area (TPSA) is 152 Å². The predicted octanol–water partition coefficient (Wildman–Crippen LogP) is 4.72. The maximum atomic E-state index is 13.5. The second-order valence-corrected chi connectivity index (χ2v) is 16.0. The van der Waals surface area contributed by atoms with Crippen molar-refractivity contribution in [2.45, 2.75) is 56.8 Å². The van der Waals surface area contributed by atoms with Gasteiger partial charge in [-0.05, 0) is 74.6 Å². The number of carbonyl (C=O) groups excluding carboxylic acids is 5. The van der Waals surface area contributed by atoms with Crippen LogP contribution < -0.4 is 25.3 Å². The zero-order valence-corrected chi connectivity index (χ0v) is 33.5. The minimum atomic E-state index is -4.62. The Morgan fingerprint density at radius 3 is 2.10 bits per heavy atom. The fourth-order valence-corrected chi connectivity index (χ4v) is 8.83. The average Bonchev–Trinajstić information content (AvgIpc) is 3.51. The number of carbonyl (C=O) groups is 5. The molecule has 5 amide bonds. The number of fused-ring (bicyclic) bond motifs is 1. The molecule has 5 aliphatic rings. The van der Waals surface area contributed by atoms with Crippen LogP contribution in [0.15, 0.2) is 54.7 Å². The third kappa shape index (κ3) is 9.03. The molecule has 3 aromatic rings. The van der Waals surface area contributed by atoms with E-state index in [4.69, 9.17) is 11.3 Å². The van der Waals surface area contributed by atoms with Gasteiger partial charge in [0, 0.05) is 82.6 Å². The first-order valence-electron chi connectivity index (χ1n) is 20.7. The van der Waals surface area contributed by atoms with Crippen LogP contribution in [0.5, 0.6) is 0 Å². The largest absolute Gasteiger partial charge is 0.407 e. The van der Waals surface area contributed by atoms with Crippen LogP contribution in [0.2, 0.25) is 0 Å². The van der Waals surface area contributed by atoms with Crippen molar-refractivity contribution < 1.29 is 41.9 Å². The molecule has 8 rings (SSSR count). The second kappa shape index (κ2) is 17.5. The van der Waals surface area contributed by atoms with E-state index < -0.39 is 47.1 Å². The Balaban J connectivity index is 0.728. The van der Waals surface area contributed by atoms with E-state index in [1.807, 2.05) is 17.0 Å². The number of hydrogen-bond acceptors (Lipinski definition) is 11. The Labute approximate surface area is 350 Å². The number of ether oxygens (including phenoxy) is 1. The summed E-state index contributed by atoms with van der Waals surface area (Å²) in [6.07, 6.45) is 0.0277. The van der Waals surface area contributed by atoms with Crippen LogP contribution >= 0.6 is 0 Å². The summed E-state index contributed by atoms with van der Waals surface area (Å²) in [5.74, 6) is -2.09. The highest BCUT2D eigenvalue weighted by molar-refractivity contribution is 6.23. The summed E-state index contributed by atoms with van der Waals surface area (Å²) in [5, 5.41) is 5.12. The van der Waals surface area contributed by atoms with Crippen molar-refractivity contribution in [1.29, 1.82) is 0 Å². The van der Waals surface area contributed by atoms with Crippen molar-refractivity contribution in [3.05, 3.63) is 82.8 Å². The molecular formula is C43H46F3N9O6. The average molecular weight is 842 g/mol. The standard InChI is InChI=1S/C43H46F3N9O6/c1-47-35-6-3-29(25-34(35)43(44,45)46)52-14-10-27(11-15-52)39(57)49-37-8-4-30(26-48-37)54-20-18-51(19-21-54)22-23-61-31-12-16-53(17-13-31)28-2-5-32-33(24-28)42(60)55(41(32)59)36-7-9-38(56)50-40(36)58/h2-6,8,24-27,31,36H,7,9-23H2,(H,48,49,57)(H,50,56,58). The fraction of sp³-hybridized carbons (Fsp3) is 0.465. The second-order valence-electron chi connectivity index (χ2n) is 16.0. The van der Waals surface area contributed by atoms with E-state index in [2.05, 4.69) is 35.2 Å². The summed E-state index contributed by atoms with van der Waals surface area (Å²) in [4.78, 5) is 80.5. The van der Waals surface area contributed by atoms with Gasteiger partial charge in [-0.25, -0.2) is 9.83 Å². The first-order chi connectivity index (χ1) is 29.4. The number of piperazine rings is 1. The Morgan fingerprint density at radius 1 is 0.803 bits per heavy atom. The molecule has 4 fully saturated rings. The van der Waals surface area contributed by atoms with Crippen LogP contribution in [-0.4, -0.2) is 122 Å². The van der Waals surface area contributed by atoms with Gasteiger partial charge >= 0.3 is 6.18 Å². The molecule has 0 aliphatic carbocycles. The number of hydrogen-bond donors (Lipinski definition) is 2. The predicted molar refractivity (Wildman–Crippen MR) is 218 cm³/mol. The summed E-state index contributed by atoms with van der Waals surface area (Å²) < 4.78 is 46.7. The minimum Gasteiger partial charge on any atom is -0.377 e. The number of pyridine rings is 1. The Kier molecular flexibility index (Phi) is 12.0. The van der Waals surface area contributed by atoms with Crippen LogP contribution in [0.1, 0.15) is 64.8 Å². The lowest BCUT2D eigenvalue weighted by Gasteiger charge is -2.37. The van der Waals surface area contributed by atoms with Crippen LogP contribution in [0.25, 0.3) is 4.85 Å². The summed E-state index contributed by atoms with van der Waals surface area (Å²) >= 11 is 0. The van der Waals surface area contributed by atoms with Gasteiger partial charge in [0.1, 0.15) is 11.9 Å². The zero-order valence-electron chi connectivity index (χ0n) is 33.5. The molecule has 1 atom stereocenters. The first kappa shape index (κ1) is 41.7. The van der Waals surface area contributed by atoms with Gasteiger partial charge in [0.25, 0.3) is 11.8 Å². The lowest BCUT2D eigenvalue weighted by Crippen LogP contribution is -2.54. The van der Waals surface area contributed by atoms with E-state index in [0.29, 0.717) is 44.0 Å². The number of amides is 5. The van der Waals surface area contributed by atoms with Gasteiger partial charge in [-0.3, -0.25) is 39.1 Å². The molecule has 5 aliphatic heterocycles. The number of imide groups is 2. The monoisotopic (exact) mass is 841 g/mol. The molecule has 0 bridgehead atoms. The molecule has 15 nitrogen and oxygen atoms in total. The van der Waals surface area contributed by atoms with E-state index in [-0.39, 0.29) is 41.9 Å². The van der Waals surface area contributed by atoms with Gasteiger partial charge in [-0.2, -0.15) is 13.2 Å². The SMILES string of the molecule is [C-]#[N+]c1ccc(N2CCC(C(=O)Nc3ccc(N4CCN(CCOC5CCN(c6ccc7c(c6)C(=O)N(C6CCC(=O)NC6=O)C7=O)CC5)CC4)cn3)CC2)cc1C(F)(F)F. The number of aromatic nitrogens is 1. The summed E-state index contributed by atoms with van der Waals surface area (Å²) in [6.45, 7) is 14.1. The highest BCUT2D eigenvalue weighted by Gasteiger charge is 2.45. The number of benzene rings is 2. The highest BCUT2D eigenvalue weighted by Crippen LogP contribution is 2.39. The maximum Gasteiger partial charge on any atom is 0.407 e. The number of rotatable bonds is 10. The van der Waals surface area contributed by atoms with Crippen molar-refractivity contribution in [1.82, 2.24) is 20.1 Å². The molecule has 2 aromatic carbocycles. The van der Waals surface area contributed by atoms with Crippen molar-refractivity contribution >= 4 is 58.1 Å². The van der Waals surface area contributed by atoms with Crippen LogP contribution in [0.3, 0.4) is 0 Å². The molecule has 1 aromatic heterocycles. The lowest BCUT2D eigenvalue weighted by atomic mass is 9.95. The molecule has 320 valence electrons. The Morgan fingerprint density at radius 2 is 1.44 bits per heavy atom. The lowest BCUT2D eigenvalue weighted by molar-refractivity contribution is -0.137. The van der Waals surface area contributed by atoms with Crippen LogP contribution in [0.4, 0.5) is 41.7 Å². The Bertz CT molecular complexity index is 2220. The van der Waals surface area contributed by atoms with Crippen molar-refractivity contribution in [3.63, 3.8) is 0 Å². The minimum absolute atomic E-state index is 0.0734. The molecule has 18 heteroatoms. The van der Waals surface area contributed by atoms with E-state index >= 15 is 0 Å². The van der Waals surface area contributed by atoms with Gasteiger partial charge < -0.3 is 24.8 Å². The smallest absolute Gasteiger partial charge is 0.377 e. The molecule has 2 N–H and O–H groups in total. The molecule has 0 spiro atoms. The van der Waals surface area contributed by atoms with Crippen molar-refractivity contribution in [2.75, 3.05) is 85.5 Å². The third-order valence-corrected chi connectivity index (χ3v) is 12.4. The molecular weight excluding hydrogens is 796 g/mol. The van der Waals surface area contributed by atoms with Crippen molar-refractivity contribution in [3.8, 4) is 0 Å². The molecule has 1 unspecified atom stereocenters. The van der Waals surface area contributed by atoms with Crippen LogP contribution in [-0.2, 0) is 25.3 Å². The summed E-state index contributed by atoms with van der Waals surface area (Å²) in [6, 6.07) is 11.7. The van der Waals surface area contributed by atoms with Crippen molar-refractivity contribution in [2.24, 2.45) is 5.92 Å². The number of nitrogens with one attached hydrogen (secondary N) is 2. The molecule has 6 heterocycles. The first-order valence-corrected chi connectivity index (χ1v) is 20.7. The van der Waals surface area contributed by atoms with E-state index in [1.54, 1.807) is 24.4 Å². The summed E-state index contributed by atoms with van der Waals surface area (Å²) in [7, 11) is 0. The normalized spacial score (nSPS) is 20.8. The van der Waals surface area contributed by atoms with Crippen LogP contribution in [0, 0.1) is 12.5 Å². The third-order valence-electron chi connectivity index (χ3n) is 12.4. The van der Waals surface area contributed by atoms with Gasteiger partial charge in [0.05, 0.1) is 47.9 Å². The van der Waals surface area contributed by atoms with E-state index in [1.165, 1.54) is 12.1 Å². The molecule has 0 saturated carbocycles. The van der Waals surface area contributed by atoms with Gasteiger partial charge in [0.2, 0.25) is 17.7 Å². The summed E-state index contributed by atoms with van der Waals surface area (Å²) in [5.41, 5.74) is 1.34. The molecule has 4 saturated heterocycles.